The maximum atomic E-state index is 7.55. The molecule has 1 saturated heterocycles. The normalized spacial score (nSPS) is 20.5. The van der Waals surface area contributed by atoms with E-state index in [0.29, 0.717) is 13.2 Å². The smallest absolute Gasteiger partial charge is 0.145 e. The Morgan fingerprint density at radius 2 is 2.58 bits per heavy atom. The Balaban J connectivity index is 2.34. The van der Waals surface area contributed by atoms with E-state index in [1.54, 1.807) is 0 Å². The lowest BCUT2D eigenvalue weighted by atomic mass is 10.3. The average Bonchev–Trinajstić information content (AvgIpc) is 2.12. The molecule has 0 atom stereocenters. The van der Waals surface area contributed by atoms with Gasteiger partial charge in [-0.2, -0.15) is 0 Å². The Kier molecular flexibility index (Phi) is 1.16. The highest BCUT2D eigenvalue weighted by molar-refractivity contribution is 5.49. The average molecular weight is 169 g/mol. The lowest BCUT2D eigenvalue weighted by molar-refractivity contribution is -0.0794. The van der Waals surface area contributed by atoms with Crippen molar-refractivity contribution >= 4 is 5.69 Å². The zero-order chi connectivity index (χ0) is 11.0. The fourth-order valence-corrected chi connectivity index (χ4v) is 0.827. The number of hydrogen-bond acceptors (Lipinski definition) is 4. The summed E-state index contributed by atoms with van der Waals surface area (Å²) in [7, 11) is 0. The highest BCUT2D eigenvalue weighted by atomic mass is 16.6. The quantitative estimate of drug-likeness (QED) is 0.698. The van der Waals surface area contributed by atoms with Crippen molar-refractivity contribution in [3.8, 4) is 5.75 Å². The van der Waals surface area contributed by atoms with Crippen molar-refractivity contribution in [2.45, 2.75) is 6.10 Å². The summed E-state index contributed by atoms with van der Waals surface area (Å²) in [5, 5.41) is 0. The van der Waals surface area contributed by atoms with Crippen molar-refractivity contribution < 1.29 is 13.6 Å². The summed E-state index contributed by atoms with van der Waals surface area (Å²) in [5.41, 5.74) is 5.56. The lowest BCUT2D eigenvalue weighted by Crippen LogP contribution is -2.38. The number of pyridine rings is 1. The number of nitrogens with two attached hydrogens (primary N) is 1. The molecule has 1 fully saturated rings. The maximum absolute atomic E-state index is 7.55. The SMILES string of the molecule is [2H]c1nc([2H])c(N)c(OC2COC2)c1[2H]. The molecule has 0 bridgehead atoms. The Hall–Kier alpha value is -1.29. The van der Waals surface area contributed by atoms with Crippen LogP contribution in [0.15, 0.2) is 18.4 Å². The van der Waals surface area contributed by atoms with E-state index in [4.69, 9.17) is 19.3 Å². The molecule has 0 amide bonds. The van der Waals surface area contributed by atoms with Crippen LogP contribution in [0.3, 0.4) is 0 Å². The molecule has 0 aromatic carbocycles. The van der Waals surface area contributed by atoms with Crippen LogP contribution < -0.4 is 10.5 Å². The number of rotatable bonds is 2. The van der Waals surface area contributed by atoms with Gasteiger partial charge < -0.3 is 15.2 Å². The third kappa shape index (κ3) is 1.33. The van der Waals surface area contributed by atoms with Gasteiger partial charge in [-0.05, 0) is 0 Å². The van der Waals surface area contributed by atoms with Gasteiger partial charge in [0.25, 0.3) is 0 Å². The molecule has 1 aliphatic heterocycles. The number of aromatic nitrogens is 1. The monoisotopic (exact) mass is 169 g/mol. The lowest BCUT2D eigenvalue weighted by Gasteiger charge is -2.27. The molecule has 0 unspecified atom stereocenters. The molecule has 64 valence electrons. The summed E-state index contributed by atoms with van der Waals surface area (Å²) in [6.07, 6.45) is -0.673. The molecule has 4 nitrogen and oxygen atoms in total. The first-order valence-electron chi connectivity index (χ1n) is 5.07. The van der Waals surface area contributed by atoms with Crippen molar-refractivity contribution in [3.63, 3.8) is 0 Å². The predicted octanol–water partition coefficient (Wildman–Crippen LogP) is 0.441. The van der Waals surface area contributed by atoms with E-state index in [9.17, 15) is 0 Å². The number of anilines is 1. The van der Waals surface area contributed by atoms with E-state index >= 15 is 0 Å². The first-order valence-corrected chi connectivity index (χ1v) is 3.57. The van der Waals surface area contributed by atoms with Gasteiger partial charge in [0.1, 0.15) is 11.9 Å². The van der Waals surface area contributed by atoms with Gasteiger partial charge in [0.2, 0.25) is 0 Å². The topological polar surface area (TPSA) is 57.4 Å². The van der Waals surface area contributed by atoms with Crippen LogP contribution >= 0.6 is 0 Å². The fraction of sp³-hybridized carbons (Fsp3) is 0.375. The molecule has 1 aliphatic rings. The Labute approximate surface area is 74.5 Å². The van der Waals surface area contributed by atoms with Gasteiger partial charge in [-0.15, -0.1) is 0 Å². The molecule has 1 aromatic heterocycles. The molecule has 0 spiro atoms. The Morgan fingerprint density at radius 1 is 1.75 bits per heavy atom. The molecule has 0 saturated carbocycles. The summed E-state index contributed by atoms with van der Waals surface area (Å²) in [6, 6.07) is -0.185. The zero-order valence-electron chi connectivity index (χ0n) is 9.33. The molecule has 2 rings (SSSR count). The van der Waals surface area contributed by atoms with Crippen molar-refractivity contribution in [3.05, 3.63) is 18.4 Å². The number of ether oxygens (including phenoxy) is 2. The van der Waals surface area contributed by atoms with E-state index in [-0.39, 0.29) is 35.9 Å². The van der Waals surface area contributed by atoms with Gasteiger partial charge in [-0.25, -0.2) is 0 Å². The number of nitrogen functional groups attached to an aromatic ring is 1. The largest absolute Gasteiger partial charge is 0.483 e. The third-order valence-corrected chi connectivity index (χ3v) is 1.54. The third-order valence-electron chi connectivity index (χ3n) is 1.54. The molecule has 2 heterocycles. The molecular weight excluding hydrogens is 156 g/mol. The standard InChI is InChI=1S/C8H10N2O2/c9-7-3-10-2-1-8(7)12-6-4-11-5-6/h1-3,6H,4-5,9H2/i1D,2D,3D. The van der Waals surface area contributed by atoms with Gasteiger partial charge >= 0.3 is 0 Å². The molecule has 4 heteroatoms. The first kappa shape index (κ1) is 4.67. The highest BCUT2D eigenvalue weighted by Crippen LogP contribution is 2.21. The van der Waals surface area contributed by atoms with Gasteiger partial charge in [-0.3, -0.25) is 4.98 Å². The molecule has 1 aromatic rings. The summed E-state index contributed by atoms with van der Waals surface area (Å²) in [6.45, 7) is 0.893. The summed E-state index contributed by atoms with van der Waals surface area (Å²) >= 11 is 0. The van der Waals surface area contributed by atoms with Crippen LogP contribution in [0.4, 0.5) is 5.69 Å². The second kappa shape index (κ2) is 2.98. The summed E-state index contributed by atoms with van der Waals surface area (Å²) in [5.74, 6) is 0.0632. The first-order chi connectivity index (χ1) is 7.09. The summed E-state index contributed by atoms with van der Waals surface area (Å²) in [4.78, 5) is 3.49. The van der Waals surface area contributed by atoms with Crippen LogP contribution in [0.2, 0.25) is 0 Å². The molecule has 12 heavy (non-hydrogen) atoms. The van der Waals surface area contributed by atoms with Crippen molar-refractivity contribution in [2.24, 2.45) is 0 Å². The minimum atomic E-state index is -0.301. The van der Waals surface area contributed by atoms with E-state index in [0.717, 1.165) is 0 Å². The van der Waals surface area contributed by atoms with Crippen molar-refractivity contribution in [1.82, 2.24) is 4.98 Å². The van der Waals surface area contributed by atoms with Gasteiger partial charge in [0, 0.05) is 12.2 Å². The van der Waals surface area contributed by atoms with Gasteiger partial charge in [-0.1, -0.05) is 0 Å². The number of nitrogens with zero attached hydrogens (tertiary/aromatic N) is 1. The van der Waals surface area contributed by atoms with Crippen molar-refractivity contribution in [2.75, 3.05) is 18.9 Å². The Morgan fingerprint density at radius 3 is 3.25 bits per heavy atom. The van der Waals surface area contributed by atoms with Crippen molar-refractivity contribution in [1.29, 1.82) is 0 Å². The van der Waals surface area contributed by atoms with E-state index < -0.39 is 0 Å². The second-order valence-electron chi connectivity index (χ2n) is 2.48. The highest BCUT2D eigenvalue weighted by Gasteiger charge is 2.20. The van der Waals surface area contributed by atoms with Crippen LogP contribution in [-0.2, 0) is 4.74 Å². The molecular formula is C8H10N2O2. The summed E-state index contributed by atoms with van der Waals surface area (Å²) < 4.78 is 32.5. The van der Waals surface area contributed by atoms with Crippen LogP contribution in [0, 0.1) is 0 Å². The minimum Gasteiger partial charge on any atom is -0.483 e. The minimum absolute atomic E-state index is 0.00269. The maximum Gasteiger partial charge on any atom is 0.145 e. The van der Waals surface area contributed by atoms with Crippen LogP contribution in [0.25, 0.3) is 0 Å². The molecule has 0 radical (unpaired) electrons. The van der Waals surface area contributed by atoms with Gasteiger partial charge in [0.15, 0.2) is 0 Å². The van der Waals surface area contributed by atoms with E-state index in [2.05, 4.69) is 4.98 Å². The molecule has 0 aliphatic carbocycles. The molecule has 2 N–H and O–H groups in total. The Bertz CT molecular complexity index is 370. The van der Waals surface area contributed by atoms with Gasteiger partial charge in [0.05, 0.1) is 29.2 Å². The number of hydrogen-bond donors (Lipinski definition) is 1. The van der Waals surface area contributed by atoms with E-state index in [1.165, 1.54) is 0 Å². The fourth-order valence-electron chi connectivity index (χ4n) is 0.827. The van der Waals surface area contributed by atoms with Crippen LogP contribution in [-0.4, -0.2) is 24.3 Å². The zero-order valence-corrected chi connectivity index (χ0v) is 6.33. The van der Waals surface area contributed by atoms with Crippen LogP contribution in [0.5, 0.6) is 5.75 Å². The second-order valence-corrected chi connectivity index (χ2v) is 2.48. The van der Waals surface area contributed by atoms with Crippen LogP contribution in [0.1, 0.15) is 4.11 Å². The predicted molar refractivity (Wildman–Crippen MR) is 43.9 cm³/mol. The van der Waals surface area contributed by atoms with E-state index in [1.807, 2.05) is 0 Å².